The van der Waals surface area contributed by atoms with Gasteiger partial charge in [-0.25, -0.2) is 0 Å². The summed E-state index contributed by atoms with van der Waals surface area (Å²) in [7, 11) is 3.48. The van der Waals surface area contributed by atoms with Gasteiger partial charge in [-0.3, -0.25) is 9.59 Å². The summed E-state index contributed by atoms with van der Waals surface area (Å²) >= 11 is 0. The molecule has 1 atom stereocenters. The van der Waals surface area contributed by atoms with Crippen molar-refractivity contribution in [2.24, 2.45) is 11.8 Å². The average Bonchev–Trinajstić information content (AvgIpc) is 2.84. The third-order valence-electron chi connectivity index (χ3n) is 4.08. The molecule has 0 spiro atoms. The fourth-order valence-corrected chi connectivity index (χ4v) is 2.90. The number of methoxy groups -OCH3 is 1. The average molecular weight is 254 g/mol. The van der Waals surface area contributed by atoms with E-state index in [9.17, 15) is 9.59 Å². The molecular formula is C13H22N2O3. The molecule has 2 aliphatic heterocycles. The van der Waals surface area contributed by atoms with Crippen molar-refractivity contribution in [3.05, 3.63) is 0 Å². The van der Waals surface area contributed by atoms with Crippen molar-refractivity contribution < 1.29 is 14.3 Å². The Bertz CT molecular complexity index is 324. The Kier molecular flexibility index (Phi) is 4.22. The van der Waals surface area contributed by atoms with Gasteiger partial charge >= 0.3 is 5.97 Å². The third-order valence-corrected chi connectivity index (χ3v) is 4.08. The Morgan fingerprint density at radius 2 is 1.67 bits per heavy atom. The number of hydrogen-bond donors (Lipinski definition) is 0. The molecule has 0 saturated carbocycles. The molecule has 2 rings (SSSR count). The minimum atomic E-state index is -0.136. The number of ether oxygens (including phenoxy) is 1. The summed E-state index contributed by atoms with van der Waals surface area (Å²) in [4.78, 5) is 27.8. The molecule has 0 aromatic rings. The maximum Gasteiger partial charge on any atom is 0.308 e. The Morgan fingerprint density at radius 3 is 2.17 bits per heavy atom. The van der Waals surface area contributed by atoms with E-state index in [2.05, 4.69) is 11.9 Å². The number of amides is 1. The predicted octanol–water partition coefficient (Wildman–Crippen LogP) is 0.350. The molecule has 0 aromatic carbocycles. The Morgan fingerprint density at radius 1 is 1.06 bits per heavy atom. The normalized spacial score (nSPS) is 26.3. The number of carbonyl (C=O) groups excluding carboxylic acids is 2. The summed E-state index contributed by atoms with van der Waals surface area (Å²) in [5.74, 6) is 0.264. The van der Waals surface area contributed by atoms with Crippen LogP contribution in [0, 0.1) is 11.8 Å². The van der Waals surface area contributed by atoms with Gasteiger partial charge in [-0.15, -0.1) is 0 Å². The van der Waals surface area contributed by atoms with Crippen LogP contribution in [0.4, 0.5) is 0 Å². The van der Waals surface area contributed by atoms with E-state index in [0.29, 0.717) is 13.1 Å². The molecule has 1 unspecified atom stereocenters. The number of carbonyl (C=O) groups is 2. The fourth-order valence-electron chi connectivity index (χ4n) is 2.90. The van der Waals surface area contributed by atoms with E-state index in [1.807, 2.05) is 4.90 Å². The molecular weight excluding hydrogens is 232 g/mol. The first kappa shape index (κ1) is 13.3. The molecule has 0 aromatic heterocycles. The number of likely N-dealkylation sites (tertiary alicyclic amines) is 2. The molecule has 2 aliphatic rings. The number of nitrogens with zero attached hydrogens (tertiary/aromatic N) is 2. The quantitative estimate of drug-likeness (QED) is 0.667. The smallest absolute Gasteiger partial charge is 0.308 e. The van der Waals surface area contributed by atoms with E-state index in [4.69, 9.17) is 4.74 Å². The predicted molar refractivity (Wildman–Crippen MR) is 66.9 cm³/mol. The number of esters is 1. The van der Waals surface area contributed by atoms with Crippen LogP contribution in [0.1, 0.15) is 19.3 Å². The molecule has 2 saturated heterocycles. The lowest BCUT2D eigenvalue weighted by atomic mass is 9.95. The zero-order valence-electron chi connectivity index (χ0n) is 11.2. The van der Waals surface area contributed by atoms with Crippen molar-refractivity contribution in [1.29, 1.82) is 0 Å². The van der Waals surface area contributed by atoms with Gasteiger partial charge in [0.25, 0.3) is 0 Å². The van der Waals surface area contributed by atoms with Gasteiger partial charge in [-0.05, 0) is 32.9 Å². The lowest BCUT2D eigenvalue weighted by Crippen LogP contribution is -2.43. The fraction of sp³-hybridized carbons (Fsp3) is 0.846. The maximum absolute atomic E-state index is 12.3. The van der Waals surface area contributed by atoms with Crippen molar-refractivity contribution in [2.45, 2.75) is 19.3 Å². The lowest BCUT2D eigenvalue weighted by Gasteiger charge is -2.32. The minimum Gasteiger partial charge on any atom is -0.469 e. The highest BCUT2D eigenvalue weighted by molar-refractivity contribution is 5.80. The first-order chi connectivity index (χ1) is 8.61. The van der Waals surface area contributed by atoms with Gasteiger partial charge < -0.3 is 14.5 Å². The number of rotatable bonds is 2. The summed E-state index contributed by atoms with van der Waals surface area (Å²) in [6.45, 7) is 3.27. The van der Waals surface area contributed by atoms with Crippen LogP contribution in [0.25, 0.3) is 0 Å². The van der Waals surface area contributed by atoms with Gasteiger partial charge in [-0.2, -0.15) is 0 Å². The van der Waals surface area contributed by atoms with Crippen molar-refractivity contribution in [3.8, 4) is 0 Å². The van der Waals surface area contributed by atoms with Crippen LogP contribution in [-0.4, -0.2) is 62.0 Å². The Balaban J connectivity index is 1.82. The SMILES string of the molecule is COC(=O)C1CCN(C(=O)C2CCN(C)C2)CC1. The molecule has 5 heteroatoms. The second kappa shape index (κ2) is 5.69. The highest BCUT2D eigenvalue weighted by Gasteiger charge is 2.33. The first-order valence-electron chi connectivity index (χ1n) is 6.67. The zero-order chi connectivity index (χ0) is 13.1. The maximum atomic E-state index is 12.3. The van der Waals surface area contributed by atoms with E-state index in [0.717, 1.165) is 32.4 Å². The van der Waals surface area contributed by atoms with Crippen molar-refractivity contribution in [3.63, 3.8) is 0 Å². The number of piperidine rings is 1. The summed E-state index contributed by atoms with van der Waals surface area (Å²) < 4.78 is 4.75. The number of hydrogen-bond acceptors (Lipinski definition) is 4. The summed E-state index contributed by atoms with van der Waals surface area (Å²) in [6, 6.07) is 0. The van der Waals surface area contributed by atoms with Crippen LogP contribution in [0.2, 0.25) is 0 Å². The van der Waals surface area contributed by atoms with E-state index in [1.165, 1.54) is 7.11 Å². The van der Waals surface area contributed by atoms with Crippen LogP contribution in [-0.2, 0) is 14.3 Å². The Hall–Kier alpha value is -1.10. The highest BCUT2D eigenvalue weighted by Crippen LogP contribution is 2.23. The molecule has 0 N–H and O–H groups in total. The van der Waals surface area contributed by atoms with Crippen molar-refractivity contribution in [1.82, 2.24) is 9.80 Å². The van der Waals surface area contributed by atoms with E-state index in [1.54, 1.807) is 0 Å². The lowest BCUT2D eigenvalue weighted by molar-refractivity contribution is -0.149. The van der Waals surface area contributed by atoms with Crippen molar-refractivity contribution >= 4 is 11.9 Å². The van der Waals surface area contributed by atoms with Crippen LogP contribution in [0.5, 0.6) is 0 Å². The monoisotopic (exact) mass is 254 g/mol. The van der Waals surface area contributed by atoms with Gasteiger partial charge in [0.15, 0.2) is 0 Å². The standard InChI is InChI=1S/C13H22N2O3/c1-14-6-3-11(9-14)12(16)15-7-4-10(5-8-15)13(17)18-2/h10-11H,3-9H2,1-2H3. The molecule has 5 nitrogen and oxygen atoms in total. The molecule has 0 aliphatic carbocycles. The van der Waals surface area contributed by atoms with Gasteiger partial charge in [-0.1, -0.05) is 0 Å². The molecule has 2 fully saturated rings. The summed E-state index contributed by atoms with van der Waals surface area (Å²) in [6.07, 6.45) is 2.44. The third kappa shape index (κ3) is 2.83. The summed E-state index contributed by atoms with van der Waals surface area (Å²) in [5, 5.41) is 0. The van der Waals surface area contributed by atoms with E-state index in [-0.39, 0.29) is 23.7 Å². The Labute approximate surface area is 108 Å². The second-order valence-corrected chi connectivity index (χ2v) is 5.37. The van der Waals surface area contributed by atoms with E-state index >= 15 is 0 Å². The van der Waals surface area contributed by atoms with E-state index < -0.39 is 0 Å². The first-order valence-corrected chi connectivity index (χ1v) is 6.67. The molecule has 18 heavy (non-hydrogen) atoms. The van der Waals surface area contributed by atoms with Crippen LogP contribution in [0.3, 0.4) is 0 Å². The largest absolute Gasteiger partial charge is 0.469 e. The van der Waals surface area contributed by atoms with Crippen LogP contribution < -0.4 is 0 Å². The molecule has 2 heterocycles. The molecule has 102 valence electrons. The van der Waals surface area contributed by atoms with Crippen LogP contribution >= 0.6 is 0 Å². The summed E-state index contributed by atoms with van der Waals surface area (Å²) in [5.41, 5.74) is 0. The van der Waals surface area contributed by atoms with Gasteiger partial charge in [0.2, 0.25) is 5.91 Å². The van der Waals surface area contributed by atoms with Crippen LogP contribution in [0.15, 0.2) is 0 Å². The highest BCUT2D eigenvalue weighted by atomic mass is 16.5. The molecule has 0 bridgehead atoms. The molecule has 0 radical (unpaired) electrons. The zero-order valence-corrected chi connectivity index (χ0v) is 11.2. The second-order valence-electron chi connectivity index (χ2n) is 5.37. The molecule has 1 amide bonds. The topological polar surface area (TPSA) is 49.9 Å². The van der Waals surface area contributed by atoms with Gasteiger partial charge in [0.1, 0.15) is 0 Å². The van der Waals surface area contributed by atoms with Gasteiger partial charge in [0.05, 0.1) is 18.9 Å². The van der Waals surface area contributed by atoms with Crippen molar-refractivity contribution in [2.75, 3.05) is 40.3 Å². The minimum absolute atomic E-state index is 0.0229. The van der Waals surface area contributed by atoms with Gasteiger partial charge in [0, 0.05) is 19.6 Å².